The molecule has 0 bridgehead atoms. The Bertz CT molecular complexity index is 1740. The number of halogens is 3. The second kappa shape index (κ2) is 11.9. The first-order valence-corrected chi connectivity index (χ1v) is 15.4. The summed E-state index contributed by atoms with van der Waals surface area (Å²) < 4.78 is 50.9. The van der Waals surface area contributed by atoms with Crippen LogP contribution >= 0.6 is 0 Å². The van der Waals surface area contributed by atoms with E-state index in [1.54, 1.807) is 37.4 Å². The maximum atomic E-state index is 14.4. The van der Waals surface area contributed by atoms with Gasteiger partial charge >= 0.3 is 6.18 Å². The normalized spacial score (nSPS) is 24.1. The molecule has 1 N–H and O–H groups in total. The number of methoxy groups -OCH3 is 1. The molecule has 2 aromatic carbocycles. The first kappa shape index (κ1) is 31.8. The highest BCUT2D eigenvalue weighted by atomic mass is 19.4. The minimum absolute atomic E-state index is 0.0257. The van der Waals surface area contributed by atoms with Gasteiger partial charge in [-0.3, -0.25) is 9.59 Å². The molecule has 242 valence electrons. The second-order valence-electron chi connectivity index (χ2n) is 12.8. The fourth-order valence-corrected chi connectivity index (χ4v) is 7.42. The molecule has 6 rings (SSSR count). The van der Waals surface area contributed by atoms with Crippen molar-refractivity contribution in [2.24, 2.45) is 13.0 Å². The molecule has 3 aliphatic rings. The van der Waals surface area contributed by atoms with Crippen LogP contribution in [0.15, 0.2) is 42.7 Å². The van der Waals surface area contributed by atoms with Crippen LogP contribution in [-0.4, -0.2) is 63.8 Å². The van der Waals surface area contributed by atoms with Crippen molar-refractivity contribution in [3.8, 4) is 11.8 Å². The van der Waals surface area contributed by atoms with Crippen molar-refractivity contribution >= 4 is 17.5 Å². The number of aryl methyl sites for hydroxylation is 1. The van der Waals surface area contributed by atoms with E-state index in [9.17, 15) is 22.8 Å². The Kier molecular flexibility index (Phi) is 8.19. The Hall–Kier alpha value is -4.21. The zero-order chi connectivity index (χ0) is 32.9. The number of hydrogen-bond acceptors (Lipinski definition) is 6. The van der Waals surface area contributed by atoms with E-state index in [-0.39, 0.29) is 35.5 Å². The van der Waals surface area contributed by atoms with E-state index in [1.807, 2.05) is 29.8 Å². The standard InChI is InChI=1S/C34H37F3N6O3/c1-5-7-29(44)42-11-10-32(20-42,46-4)19-38-17-23-12-26-27(28(13-23)34(35,36)37)18-43(30(26)45)25-9-6-8-24(14-25)33(15-22(2)16-33)31-40-39-21-41(31)3/h6,8-9,12-14,21-22,38H,10-11,15-20H2,1-4H3/t22?,32-,33?/m1/s1. The number of nitrogens with one attached hydrogen (secondary N) is 1. The van der Waals surface area contributed by atoms with E-state index < -0.39 is 23.2 Å². The van der Waals surface area contributed by atoms with Gasteiger partial charge in [-0.25, -0.2) is 0 Å². The van der Waals surface area contributed by atoms with Gasteiger partial charge in [-0.05, 0) is 79.0 Å². The number of fused-ring (bicyclic) bond motifs is 1. The number of ether oxygens (including phenoxy) is 1. The van der Waals surface area contributed by atoms with Gasteiger partial charge in [0.25, 0.3) is 11.8 Å². The van der Waals surface area contributed by atoms with Crippen LogP contribution in [0.5, 0.6) is 0 Å². The van der Waals surface area contributed by atoms with Crippen LogP contribution in [0, 0.1) is 17.8 Å². The highest BCUT2D eigenvalue weighted by Gasteiger charge is 2.48. The highest BCUT2D eigenvalue weighted by Crippen LogP contribution is 2.52. The first-order valence-electron chi connectivity index (χ1n) is 15.4. The van der Waals surface area contributed by atoms with Gasteiger partial charge in [0.15, 0.2) is 0 Å². The van der Waals surface area contributed by atoms with Crippen molar-refractivity contribution in [1.29, 1.82) is 0 Å². The Morgan fingerprint density at radius 3 is 2.65 bits per heavy atom. The number of nitrogens with zero attached hydrogens (tertiary/aromatic N) is 5. The third-order valence-electron chi connectivity index (χ3n) is 9.70. The van der Waals surface area contributed by atoms with Crippen molar-refractivity contribution in [1.82, 2.24) is 25.0 Å². The van der Waals surface area contributed by atoms with E-state index in [0.29, 0.717) is 43.2 Å². The number of aromatic nitrogens is 3. The molecule has 9 nitrogen and oxygen atoms in total. The van der Waals surface area contributed by atoms with E-state index in [0.717, 1.165) is 30.3 Å². The molecule has 1 saturated carbocycles. The van der Waals surface area contributed by atoms with E-state index >= 15 is 0 Å². The van der Waals surface area contributed by atoms with Crippen molar-refractivity contribution in [2.45, 2.75) is 63.4 Å². The van der Waals surface area contributed by atoms with Crippen LogP contribution in [0.1, 0.15) is 71.5 Å². The number of carbonyl (C=O) groups excluding carboxylic acids is 2. The summed E-state index contributed by atoms with van der Waals surface area (Å²) >= 11 is 0. The number of carbonyl (C=O) groups is 2. The van der Waals surface area contributed by atoms with Gasteiger partial charge in [-0.15, -0.1) is 10.2 Å². The van der Waals surface area contributed by atoms with Crippen molar-refractivity contribution in [2.75, 3.05) is 31.6 Å². The van der Waals surface area contributed by atoms with Crippen LogP contribution in [0.3, 0.4) is 0 Å². The lowest BCUT2D eigenvalue weighted by Crippen LogP contribution is -2.45. The SMILES string of the molecule is CC#CC(=O)N1CC[C@](CNCc2cc3c(c(C(F)(F)F)c2)CN(c2cccc(C4(c5nncn5C)CC(C)C4)c2)C3=O)(OC)C1. The Morgan fingerprint density at radius 1 is 1.22 bits per heavy atom. The number of hydrogen-bond donors (Lipinski definition) is 1. The molecule has 1 aliphatic carbocycles. The zero-order valence-electron chi connectivity index (χ0n) is 26.4. The minimum atomic E-state index is -4.64. The number of amides is 2. The number of benzene rings is 2. The number of alkyl halides is 3. The second-order valence-corrected chi connectivity index (χ2v) is 12.8. The smallest absolute Gasteiger partial charge is 0.375 e. The van der Waals surface area contributed by atoms with Crippen LogP contribution < -0.4 is 10.2 Å². The number of anilines is 1. The summed E-state index contributed by atoms with van der Waals surface area (Å²) in [6.07, 6.45) is -0.698. The third kappa shape index (κ3) is 5.56. The first-order chi connectivity index (χ1) is 21.9. The minimum Gasteiger partial charge on any atom is -0.375 e. The molecule has 3 aromatic rings. The topological polar surface area (TPSA) is 92.6 Å². The largest absolute Gasteiger partial charge is 0.416 e. The summed E-state index contributed by atoms with van der Waals surface area (Å²) in [7, 11) is 3.46. The van der Waals surface area contributed by atoms with Crippen molar-refractivity contribution < 1.29 is 27.5 Å². The van der Waals surface area contributed by atoms with Crippen molar-refractivity contribution in [3.05, 3.63) is 76.4 Å². The predicted molar refractivity (Wildman–Crippen MR) is 165 cm³/mol. The molecule has 46 heavy (non-hydrogen) atoms. The van der Waals surface area contributed by atoms with Gasteiger partial charge in [-0.2, -0.15) is 13.2 Å². The van der Waals surface area contributed by atoms with Gasteiger partial charge < -0.3 is 24.4 Å². The van der Waals surface area contributed by atoms with Gasteiger partial charge in [0, 0.05) is 45.0 Å². The Balaban J connectivity index is 1.24. The molecule has 1 saturated heterocycles. The fourth-order valence-electron chi connectivity index (χ4n) is 7.42. The van der Waals surface area contributed by atoms with Crippen LogP contribution in [0.4, 0.5) is 18.9 Å². The molecule has 2 fully saturated rings. The lowest BCUT2D eigenvalue weighted by molar-refractivity contribution is -0.138. The molecule has 1 aromatic heterocycles. The van der Waals surface area contributed by atoms with Crippen molar-refractivity contribution in [3.63, 3.8) is 0 Å². The fraction of sp³-hybridized carbons (Fsp3) is 0.471. The maximum Gasteiger partial charge on any atom is 0.416 e. The Morgan fingerprint density at radius 2 is 2.00 bits per heavy atom. The maximum absolute atomic E-state index is 14.4. The van der Waals surface area contributed by atoms with E-state index in [1.165, 1.54) is 4.90 Å². The monoisotopic (exact) mass is 634 g/mol. The number of likely N-dealkylation sites (tertiary alicyclic amines) is 1. The summed E-state index contributed by atoms with van der Waals surface area (Å²) in [5.41, 5.74) is -0.00115. The zero-order valence-corrected chi connectivity index (χ0v) is 26.4. The molecule has 2 amide bonds. The van der Waals surface area contributed by atoms with Crippen LogP contribution in [0.25, 0.3) is 0 Å². The van der Waals surface area contributed by atoms with Gasteiger partial charge in [0.05, 0.1) is 29.7 Å². The Labute approximate surface area is 266 Å². The summed E-state index contributed by atoms with van der Waals surface area (Å²) in [6.45, 7) is 4.79. The average molecular weight is 635 g/mol. The molecule has 1 atom stereocenters. The molecular weight excluding hydrogens is 597 g/mol. The van der Waals surface area contributed by atoms with Gasteiger partial charge in [0.1, 0.15) is 12.2 Å². The molecule has 0 unspecified atom stereocenters. The number of rotatable bonds is 8. The molecular formula is C34H37F3N6O3. The predicted octanol–water partition coefficient (Wildman–Crippen LogP) is 4.44. The molecule has 0 radical (unpaired) electrons. The third-order valence-corrected chi connectivity index (χ3v) is 9.70. The van der Waals surface area contributed by atoms with Crippen LogP contribution in [-0.2, 0) is 41.3 Å². The summed E-state index contributed by atoms with van der Waals surface area (Å²) in [4.78, 5) is 29.1. The average Bonchev–Trinajstić information content (AvgIpc) is 3.73. The highest BCUT2D eigenvalue weighted by molar-refractivity contribution is 6.10. The van der Waals surface area contributed by atoms with E-state index in [4.69, 9.17) is 4.74 Å². The molecule has 3 heterocycles. The summed E-state index contributed by atoms with van der Waals surface area (Å²) in [6, 6.07) is 10.2. The van der Waals surface area contributed by atoms with Gasteiger partial charge in [-0.1, -0.05) is 25.0 Å². The van der Waals surface area contributed by atoms with Crippen LogP contribution in [0.2, 0.25) is 0 Å². The quantitative estimate of drug-likeness (QED) is 0.369. The lowest BCUT2D eigenvalue weighted by atomic mass is 9.58. The van der Waals surface area contributed by atoms with E-state index in [2.05, 4.69) is 34.3 Å². The lowest BCUT2D eigenvalue weighted by Gasteiger charge is -2.46. The molecule has 0 spiro atoms. The molecule has 12 heteroatoms. The summed E-state index contributed by atoms with van der Waals surface area (Å²) in [5.74, 6) is 5.70. The van der Waals surface area contributed by atoms with Gasteiger partial charge in [0.2, 0.25) is 0 Å². The molecule has 2 aliphatic heterocycles. The summed E-state index contributed by atoms with van der Waals surface area (Å²) in [5, 5.41) is 11.7.